The van der Waals surface area contributed by atoms with Gasteiger partial charge in [0.25, 0.3) is 0 Å². The van der Waals surface area contributed by atoms with Crippen LogP contribution in [-0.4, -0.2) is 21.5 Å². The highest BCUT2D eigenvalue weighted by Gasteiger charge is 2.10. The summed E-state index contributed by atoms with van der Waals surface area (Å²) in [5, 5.41) is 13.6. The number of nitrogens with zero attached hydrogens (tertiary/aromatic N) is 2. The van der Waals surface area contributed by atoms with E-state index in [1.54, 1.807) is 17.8 Å². The zero-order chi connectivity index (χ0) is 13.0. The molecule has 0 unspecified atom stereocenters. The maximum absolute atomic E-state index is 13.1. The molecule has 0 bridgehead atoms. The predicted molar refractivity (Wildman–Crippen MR) is 64.8 cm³/mol. The molecule has 1 aromatic heterocycles. The Balaban J connectivity index is 2.01. The van der Waals surface area contributed by atoms with E-state index in [-0.39, 0.29) is 5.82 Å². The van der Waals surface area contributed by atoms with Crippen LogP contribution in [0.25, 0.3) is 0 Å². The minimum Gasteiger partial charge on any atom is -0.491 e. The second-order valence-corrected chi connectivity index (χ2v) is 3.98. The van der Waals surface area contributed by atoms with Crippen molar-refractivity contribution in [2.24, 2.45) is 0 Å². The Bertz CT molecular complexity index is 498. The molecule has 5 heteroatoms. The van der Waals surface area contributed by atoms with Crippen LogP contribution in [0.15, 0.2) is 36.7 Å². The van der Waals surface area contributed by atoms with Crippen LogP contribution in [0.3, 0.4) is 0 Å². The number of benzene rings is 1. The number of rotatable bonds is 5. The third kappa shape index (κ3) is 3.07. The number of hydrogen-bond acceptors (Lipinski definition) is 3. The maximum Gasteiger partial charge on any atom is 0.128 e. The summed E-state index contributed by atoms with van der Waals surface area (Å²) in [5.41, 5.74) is 0.580. The van der Waals surface area contributed by atoms with E-state index >= 15 is 0 Å². The zero-order valence-electron chi connectivity index (χ0n) is 10.1. The van der Waals surface area contributed by atoms with Gasteiger partial charge in [-0.05, 0) is 25.1 Å². The van der Waals surface area contributed by atoms with Gasteiger partial charge in [-0.15, -0.1) is 0 Å². The normalized spacial score (nSPS) is 12.4. The summed E-state index contributed by atoms with van der Waals surface area (Å²) in [4.78, 5) is 0. The molecule has 4 nitrogen and oxygen atoms in total. The van der Waals surface area contributed by atoms with Gasteiger partial charge in [-0.3, -0.25) is 4.68 Å². The van der Waals surface area contributed by atoms with Crippen molar-refractivity contribution in [1.29, 1.82) is 0 Å². The Labute approximate surface area is 105 Å². The number of halogens is 1. The number of ether oxygens (including phenoxy) is 1. The molecule has 2 rings (SSSR count). The first-order valence-corrected chi connectivity index (χ1v) is 5.74. The molecule has 0 aliphatic rings. The van der Waals surface area contributed by atoms with E-state index in [1.807, 2.05) is 12.3 Å². The molecule has 0 amide bonds. The van der Waals surface area contributed by atoms with Crippen LogP contribution >= 0.6 is 0 Å². The molecule has 2 aromatic rings. The van der Waals surface area contributed by atoms with Gasteiger partial charge in [0.2, 0.25) is 0 Å². The molecule has 0 spiro atoms. The van der Waals surface area contributed by atoms with E-state index in [2.05, 4.69) is 5.10 Å². The molecule has 0 saturated heterocycles. The van der Waals surface area contributed by atoms with E-state index in [1.165, 1.54) is 18.2 Å². The highest BCUT2D eigenvalue weighted by atomic mass is 19.1. The fraction of sp³-hybridized carbons (Fsp3) is 0.308. The fourth-order valence-electron chi connectivity index (χ4n) is 1.66. The van der Waals surface area contributed by atoms with Gasteiger partial charge in [-0.25, -0.2) is 4.39 Å². The number of aromatic nitrogens is 2. The van der Waals surface area contributed by atoms with Crippen molar-refractivity contribution < 1.29 is 14.2 Å². The third-order valence-corrected chi connectivity index (χ3v) is 2.56. The summed E-state index contributed by atoms with van der Waals surface area (Å²) in [6.07, 6.45) is 2.82. The van der Waals surface area contributed by atoms with E-state index in [4.69, 9.17) is 4.74 Å². The average Bonchev–Trinajstić information content (AvgIpc) is 2.82. The first kappa shape index (κ1) is 12.6. The molecule has 0 aliphatic heterocycles. The van der Waals surface area contributed by atoms with Crippen LogP contribution in [0.4, 0.5) is 4.39 Å². The van der Waals surface area contributed by atoms with Crippen LogP contribution < -0.4 is 4.74 Å². The Kier molecular flexibility index (Phi) is 3.94. The molecule has 96 valence electrons. The van der Waals surface area contributed by atoms with Crippen molar-refractivity contribution in [2.75, 3.05) is 6.61 Å². The SMILES string of the molecule is C[C@H](O)c1ccc(F)cc1OCCn1cccn1. The van der Waals surface area contributed by atoms with Gasteiger partial charge in [0.05, 0.1) is 12.6 Å². The van der Waals surface area contributed by atoms with E-state index in [0.29, 0.717) is 24.5 Å². The van der Waals surface area contributed by atoms with Crippen LogP contribution in [0.2, 0.25) is 0 Å². The van der Waals surface area contributed by atoms with E-state index in [9.17, 15) is 9.50 Å². The topological polar surface area (TPSA) is 47.3 Å². The van der Waals surface area contributed by atoms with Gasteiger partial charge >= 0.3 is 0 Å². The summed E-state index contributed by atoms with van der Waals surface area (Å²) < 4.78 is 20.3. The molecular formula is C13H15FN2O2. The predicted octanol–water partition coefficient (Wildman–Crippen LogP) is 2.15. The molecule has 1 heterocycles. The Morgan fingerprint density at radius 3 is 3.00 bits per heavy atom. The molecule has 1 atom stereocenters. The lowest BCUT2D eigenvalue weighted by molar-refractivity contribution is 0.189. The number of aliphatic hydroxyl groups excluding tert-OH is 1. The van der Waals surface area contributed by atoms with Crippen LogP contribution in [-0.2, 0) is 6.54 Å². The van der Waals surface area contributed by atoms with Gasteiger partial charge in [0, 0.05) is 24.0 Å². The molecule has 0 radical (unpaired) electrons. The summed E-state index contributed by atoms with van der Waals surface area (Å²) in [5.74, 6) is -0.00866. The smallest absolute Gasteiger partial charge is 0.128 e. The summed E-state index contributed by atoms with van der Waals surface area (Å²) in [7, 11) is 0. The molecule has 0 saturated carbocycles. The third-order valence-electron chi connectivity index (χ3n) is 2.56. The Morgan fingerprint density at radius 2 is 2.33 bits per heavy atom. The quantitative estimate of drug-likeness (QED) is 0.884. The summed E-state index contributed by atoms with van der Waals surface area (Å²) in [6, 6.07) is 5.94. The fourth-order valence-corrected chi connectivity index (χ4v) is 1.66. The highest BCUT2D eigenvalue weighted by molar-refractivity contribution is 5.35. The number of aliphatic hydroxyl groups is 1. The maximum atomic E-state index is 13.1. The van der Waals surface area contributed by atoms with Crippen LogP contribution in [0.5, 0.6) is 5.75 Å². The molecule has 1 N–H and O–H groups in total. The second kappa shape index (κ2) is 5.64. The van der Waals surface area contributed by atoms with E-state index < -0.39 is 6.10 Å². The van der Waals surface area contributed by atoms with Gasteiger partial charge in [-0.2, -0.15) is 5.10 Å². The number of hydrogen-bond donors (Lipinski definition) is 1. The zero-order valence-corrected chi connectivity index (χ0v) is 10.1. The molecule has 1 aromatic carbocycles. The first-order valence-electron chi connectivity index (χ1n) is 5.74. The Morgan fingerprint density at radius 1 is 1.50 bits per heavy atom. The summed E-state index contributed by atoms with van der Waals surface area (Å²) >= 11 is 0. The minimum absolute atomic E-state index is 0.366. The van der Waals surface area contributed by atoms with Gasteiger partial charge in [0.15, 0.2) is 0 Å². The monoisotopic (exact) mass is 250 g/mol. The van der Waals surface area contributed by atoms with Crippen molar-refractivity contribution in [3.05, 3.63) is 48.0 Å². The van der Waals surface area contributed by atoms with Crippen molar-refractivity contribution >= 4 is 0 Å². The van der Waals surface area contributed by atoms with Crippen molar-refractivity contribution in [3.8, 4) is 5.75 Å². The minimum atomic E-state index is -0.690. The lowest BCUT2D eigenvalue weighted by atomic mass is 10.1. The average molecular weight is 250 g/mol. The van der Waals surface area contributed by atoms with Crippen molar-refractivity contribution in [2.45, 2.75) is 19.6 Å². The van der Waals surface area contributed by atoms with Gasteiger partial charge < -0.3 is 9.84 Å². The standard InChI is InChI=1S/C13H15FN2O2/c1-10(17)12-4-3-11(14)9-13(12)18-8-7-16-6-2-5-15-16/h2-6,9-10,17H,7-8H2,1H3/t10-/m0/s1. The molecule has 18 heavy (non-hydrogen) atoms. The van der Waals surface area contributed by atoms with Crippen molar-refractivity contribution in [1.82, 2.24) is 9.78 Å². The largest absolute Gasteiger partial charge is 0.491 e. The van der Waals surface area contributed by atoms with Crippen molar-refractivity contribution in [3.63, 3.8) is 0 Å². The van der Waals surface area contributed by atoms with Gasteiger partial charge in [-0.1, -0.05) is 0 Å². The Hall–Kier alpha value is -1.88. The second-order valence-electron chi connectivity index (χ2n) is 3.98. The molecular weight excluding hydrogens is 235 g/mol. The van der Waals surface area contributed by atoms with Crippen LogP contribution in [0.1, 0.15) is 18.6 Å². The molecule has 0 fully saturated rings. The summed E-state index contributed by atoms with van der Waals surface area (Å²) in [6.45, 7) is 2.56. The van der Waals surface area contributed by atoms with E-state index in [0.717, 1.165) is 0 Å². The van der Waals surface area contributed by atoms with Crippen LogP contribution in [0, 0.1) is 5.82 Å². The lowest BCUT2D eigenvalue weighted by Crippen LogP contribution is -2.10. The van der Waals surface area contributed by atoms with Gasteiger partial charge in [0.1, 0.15) is 18.2 Å². The molecule has 0 aliphatic carbocycles. The first-order chi connectivity index (χ1) is 8.66. The highest BCUT2D eigenvalue weighted by Crippen LogP contribution is 2.25. The lowest BCUT2D eigenvalue weighted by Gasteiger charge is -2.13.